The van der Waals surface area contributed by atoms with E-state index in [1.54, 1.807) is 0 Å². The number of aliphatic hydroxyl groups is 3. The second-order valence-corrected chi connectivity index (χ2v) is 3.47. The van der Waals surface area contributed by atoms with Crippen LogP contribution in [-0.4, -0.2) is 46.5 Å². The van der Waals surface area contributed by atoms with Crippen molar-refractivity contribution in [3.63, 3.8) is 0 Å². The predicted molar refractivity (Wildman–Crippen MR) is 58.1 cm³/mol. The van der Waals surface area contributed by atoms with Gasteiger partial charge in [-0.3, -0.25) is 4.79 Å². The third-order valence-electron chi connectivity index (χ3n) is 2.38. The van der Waals surface area contributed by atoms with E-state index in [0.29, 0.717) is 6.29 Å². The topological polar surface area (TPSA) is 107 Å². The summed E-state index contributed by atoms with van der Waals surface area (Å²) in [4.78, 5) is 10.8. The molecule has 2 atom stereocenters. The second kappa shape index (κ2) is 5.62. The van der Waals surface area contributed by atoms with E-state index >= 15 is 0 Å². The van der Waals surface area contributed by atoms with Gasteiger partial charge in [-0.15, -0.1) is 0 Å². The Morgan fingerprint density at radius 1 is 1.41 bits per heavy atom. The van der Waals surface area contributed by atoms with E-state index in [2.05, 4.69) is 0 Å². The molecule has 0 spiro atoms. The Morgan fingerprint density at radius 3 is 2.53 bits per heavy atom. The molecule has 0 aliphatic carbocycles. The number of ether oxygens (including phenoxy) is 1. The van der Waals surface area contributed by atoms with Crippen LogP contribution in [0.25, 0.3) is 0 Å². The largest absolute Gasteiger partial charge is 0.504 e. The molecule has 0 fully saturated rings. The Bertz CT molecular complexity index is 403. The van der Waals surface area contributed by atoms with E-state index < -0.39 is 18.8 Å². The third-order valence-corrected chi connectivity index (χ3v) is 2.38. The fourth-order valence-electron chi connectivity index (χ4n) is 1.43. The second-order valence-electron chi connectivity index (χ2n) is 3.47. The molecule has 0 radical (unpaired) electrons. The molecule has 0 amide bonds. The molecular formula is C11H14O6. The van der Waals surface area contributed by atoms with Crippen molar-refractivity contribution in [3.8, 4) is 11.5 Å². The van der Waals surface area contributed by atoms with E-state index in [0.717, 1.165) is 6.07 Å². The Morgan fingerprint density at radius 2 is 2.06 bits per heavy atom. The first-order chi connectivity index (χ1) is 8.04. The van der Waals surface area contributed by atoms with E-state index in [-0.39, 0.29) is 22.6 Å². The third kappa shape index (κ3) is 2.73. The smallest absolute Gasteiger partial charge is 0.161 e. The molecule has 17 heavy (non-hydrogen) atoms. The van der Waals surface area contributed by atoms with Crippen molar-refractivity contribution in [1.82, 2.24) is 0 Å². The van der Waals surface area contributed by atoms with Gasteiger partial charge in [-0.05, 0) is 17.7 Å². The van der Waals surface area contributed by atoms with Crippen molar-refractivity contribution in [3.05, 3.63) is 23.3 Å². The Labute approximate surface area is 97.7 Å². The van der Waals surface area contributed by atoms with Crippen molar-refractivity contribution in [2.45, 2.75) is 12.2 Å². The fraction of sp³-hybridized carbons (Fsp3) is 0.364. The number of rotatable bonds is 5. The lowest BCUT2D eigenvalue weighted by atomic mass is 9.98. The maximum Gasteiger partial charge on any atom is 0.161 e. The molecule has 0 aliphatic heterocycles. The van der Waals surface area contributed by atoms with E-state index in [1.807, 2.05) is 0 Å². The van der Waals surface area contributed by atoms with Gasteiger partial charge >= 0.3 is 0 Å². The van der Waals surface area contributed by atoms with Crippen LogP contribution in [0.1, 0.15) is 22.0 Å². The molecule has 0 aromatic heterocycles. The minimum atomic E-state index is -1.46. The maximum atomic E-state index is 10.8. The van der Waals surface area contributed by atoms with Gasteiger partial charge in [-0.1, -0.05) is 0 Å². The summed E-state index contributed by atoms with van der Waals surface area (Å²) in [5.74, 6) is -0.182. The average Bonchev–Trinajstić information content (AvgIpc) is 2.36. The number of hydrogen-bond acceptors (Lipinski definition) is 6. The summed E-state index contributed by atoms with van der Waals surface area (Å²) in [5.41, 5.74) is 0.0968. The monoisotopic (exact) mass is 242 g/mol. The van der Waals surface area contributed by atoms with Crippen molar-refractivity contribution in [2.24, 2.45) is 0 Å². The minimum Gasteiger partial charge on any atom is -0.504 e. The van der Waals surface area contributed by atoms with Crippen molar-refractivity contribution in [1.29, 1.82) is 0 Å². The van der Waals surface area contributed by atoms with Crippen LogP contribution in [0.3, 0.4) is 0 Å². The van der Waals surface area contributed by atoms with Gasteiger partial charge < -0.3 is 25.2 Å². The number of carbonyl (C=O) groups excluding carboxylic acids is 1. The zero-order chi connectivity index (χ0) is 13.0. The lowest BCUT2D eigenvalue weighted by Crippen LogP contribution is -2.23. The first-order valence-corrected chi connectivity index (χ1v) is 4.88. The molecule has 1 rings (SSSR count). The number of methoxy groups -OCH3 is 1. The van der Waals surface area contributed by atoms with Crippen molar-refractivity contribution in [2.75, 3.05) is 13.7 Å². The highest BCUT2D eigenvalue weighted by atomic mass is 16.5. The van der Waals surface area contributed by atoms with Crippen LogP contribution in [0, 0.1) is 0 Å². The molecular weight excluding hydrogens is 228 g/mol. The quantitative estimate of drug-likeness (QED) is 0.523. The summed E-state index contributed by atoms with van der Waals surface area (Å²) < 4.78 is 4.81. The van der Waals surface area contributed by atoms with Gasteiger partial charge in [0.25, 0.3) is 0 Å². The van der Waals surface area contributed by atoms with Crippen LogP contribution in [0.2, 0.25) is 0 Å². The number of phenols is 1. The summed E-state index contributed by atoms with van der Waals surface area (Å²) in [6.07, 6.45) is -2.43. The molecule has 1 aromatic rings. The standard InChI is InChI=1S/C11H14O6/c1-17-10-2-6(4-12)7(3-8(10)14)11(16)9(15)5-13/h2-4,9,11,13-16H,5H2,1H3. The zero-order valence-electron chi connectivity index (χ0n) is 9.20. The molecule has 6 heteroatoms. The molecule has 0 saturated heterocycles. The number of aliphatic hydroxyl groups excluding tert-OH is 3. The van der Waals surface area contributed by atoms with E-state index in [4.69, 9.17) is 9.84 Å². The summed E-state index contributed by atoms with van der Waals surface area (Å²) in [5, 5.41) is 37.2. The molecule has 94 valence electrons. The van der Waals surface area contributed by atoms with Crippen LogP contribution >= 0.6 is 0 Å². The highest BCUT2D eigenvalue weighted by Gasteiger charge is 2.22. The summed E-state index contributed by atoms with van der Waals surface area (Å²) in [6, 6.07) is 2.36. The Hall–Kier alpha value is -1.63. The van der Waals surface area contributed by atoms with Crippen molar-refractivity contribution < 1.29 is 30.0 Å². The number of benzene rings is 1. The SMILES string of the molecule is COc1cc(C=O)c(C(O)C(O)CO)cc1O. The summed E-state index contributed by atoms with van der Waals surface area (Å²) in [7, 11) is 1.32. The number of hydrogen-bond donors (Lipinski definition) is 4. The van der Waals surface area contributed by atoms with Gasteiger partial charge in [-0.25, -0.2) is 0 Å². The highest BCUT2D eigenvalue weighted by Crippen LogP contribution is 2.32. The molecule has 0 saturated carbocycles. The fourth-order valence-corrected chi connectivity index (χ4v) is 1.43. The molecule has 0 heterocycles. The molecule has 0 bridgehead atoms. The van der Waals surface area contributed by atoms with Gasteiger partial charge in [0.2, 0.25) is 0 Å². The van der Waals surface area contributed by atoms with E-state index in [9.17, 15) is 20.1 Å². The minimum absolute atomic E-state index is 0.0276. The normalized spacial score (nSPS) is 14.1. The Balaban J connectivity index is 3.23. The van der Waals surface area contributed by atoms with Gasteiger partial charge in [0.15, 0.2) is 17.8 Å². The number of aromatic hydroxyl groups is 1. The van der Waals surface area contributed by atoms with Crippen LogP contribution in [0.5, 0.6) is 11.5 Å². The van der Waals surface area contributed by atoms with Gasteiger partial charge in [0.1, 0.15) is 12.2 Å². The lowest BCUT2D eigenvalue weighted by molar-refractivity contribution is -0.0155. The number of aldehydes is 1. The first-order valence-electron chi connectivity index (χ1n) is 4.88. The van der Waals surface area contributed by atoms with Crippen LogP contribution < -0.4 is 4.74 Å². The van der Waals surface area contributed by atoms with E-state index in [1.165, 1.54) is 13.2 Å². The summed E-state index contributed by atoms with van der Waals surface area (Å²) >= 11 is 0. The lowest BCUT2D eigenvalue weighted by Gasteiger charge is -2.18. The zero-order valence-corrected chi connectivity index (χ0v) is 9.20. The number of carbonyl (C=O) groups is 1. The predicted octanol–water partition coefficient (Wildman–Crippen LogP) is -0.400. The summed E-state index contributed by atoms with van der Waals surface area (Å²) in [6.45, 7) is -0.660. The molecule has 1 aromatic carbocycles. The van der Waals surface area contributed by atoms with Gasteiger partial charge in [0, 0.05) is 5.56 Å². The van der Waals surface area contributed by atoms with Crippen molar-refractivity contribution >= 4 is 6.29 Å². The van der Waals surface area contributed by atoms with Gasteiger partial charge in [0.05, 0.1) is 13.7 Å². The molecule has 4 N–H and O–H groups in total. The van der Waals surface area contributed by atoms with Crippen LogP contribution in [0.4, 0.5) is 0 Å². The highest BCUT2D eigenvalue weighted by molar-refractivity contribution is 5.79. The first kappa shape index (κ1) is 13.4. The molecule has 2 unspecified atom stereocenters. The number of phenolic OH excluding ortho intramolecular Hbond substituents is 1. The van der Waals surface area contributed by atoms with Crippen LogP contribution in [0.15, 0.2) is 12.1 Å². The molecule has 6 nitrogen and oxygen atoms in total. The Kier molecular flexibility index (Phi) is 4.45. The maximum absolute atomic E-state index is 10.8. The average molecular weight is 242 g/mol. The van der Waals surface area contributed by atoms with Gasteiger partial charge in [-0.2, -0.15) is 0 Å². The molecule has 0 aliphatic rings. The van der Waals surface area contributed by atoms with Crippen LogP contribution in [-0.2, 0) is 0 Å².